The smallest absolute Gasteiger partial charge is 0.163 e. The molecule has 1 N–H and O–H groups in total. The van der Waals surface area contributed by atoms with E-state index in [1.54, 1.807) is 0 Å². The maximum Gasteiger partial charge on any atom is 0.163 e. The fourth-order valence-electron chi connectivity index (χ4n) is 2.46. The number of aromatic nitrogens is 2. The van der Waals surface area contributed by atoms with Crippen molar-refractivity contribution in [1.82, 2.24) is 14.5 Å². The lowest BCUT2D eigenvalue weighted by Gasteiger charge is -2.18. The summed E-state index contributed by atoms with van der Waals surface area (Å²) >= 11 is 0. The van der Waals surface area contributed by atoms with Gasteiger partial charge in [0.05, 0.1) is 24.2 Å². The molecular formula is C14H19N3O3. The Labute approximate surface area is 117 Å². The molecule has 0 saturated carbocycles. The molecule has 0 spiro atoms. The Balaban J connectivity index is 2.12. The third-order valence-corrected chi connectivity index (χ3v) is 3.27. The molecule has 0 aliphatic carbocycles. The van der Waals surface area contributed by atoms with Crippen LogP contribution in [0.1, 0.15) is 5.82 Å². The largest absolute Gasteiger partial charge is 0.486 e. The average molecular weight is 277 g/mol. The van der Waals surface area contributed by atoms with Crippen LogP contribution in [0.15, 0.2) is 12.1 Å². The molecule has 0 saturated heterocycles. The van der Waals surface area contributed by atoms with Crippen molar-refractivity contribution < 1.29 is 14.6 Å². The highest BCUT2D eigenvalue weighted by atomic mass is 16.6. The molecule has 2 heterocycles. The Kier molecular flexibility index (Phi) is 3.50. The van der Waals surface area contributed by atoms with E-state index in [-0.39, 0.29) is 6.61 Å². The molecule has 1 aromatic carbocycles. The van der Waals surface area contributed by atoms with E-state index in [9.17, 15) is 5.11 Å². The molecule has 0 radical (unpaired) electrons. The predicted octanol–water partition coefficient (Wildman–Crippen LogP) is 0.861. The van der Waals surface area contributed by atoms with Crippen molar-refractivity contribution in [1.29, 1.82) is 0 Å². The Morgan fingerprint density at radius 2 is 1.95 bits per heavy atom. The molecule has 20 heavy (non-hydrogen) atoms. The van der Waals surface area contributed by atoms with Crippen molar-refractivity contribution >= 4 is 11.0 Å². The SMILES string of the molecule is CN(C)Cc1nc2cc3c(cc2n1CCO)OCCO3. The van der Waals surface area contributed by atoms with E-state index in [1.165, 1.54) is 0 Å². The third-order valence-electron chi connectivity index (χ3n) is 3.27. The minimum Gasteiger partial charge on any atom is -0.486 e. The van der Waals surface area contributed by atoms with E-state index in [4.69, 9.17) is 9.47 Å². The maximum atomic E-state index is 9.28. The highest BCUT2D eigenvalue weighted by molar-refractivity contribution is 5.80. The van der Waals surface area contributed by atoms with Crippen molar-refractivity contribution in [3.05, 3.63) is 18.0 Å². The first-order valence-electron chi connectivity index (χ1n) is 6.73. The summed E-state index contributed by atoms with van der Waals surface area (Å²) in [6.07, 6.45) is 0. The summed E-state index contributed by atoms with van der Waals surface area (Å²) in [5, 5.41) is 9.28. The van der Waals surface area contributed by atoms with Gasteiger partial charge in [-0.1, -0.05) is 0 Å². The van der Waals surface area contributed by atoms with E-state index in [0.717, 1.165) is 34.9 Å². The van der Waals surface area contributed by atoms with Gasteiger partial charge in [0.25, 0.3) is 0 Å². The second-order valence-corrected chi connectivity index (χ2v) is 5.13. The van der Waals surface area contributed by atoms with Gasteiger partial charge in [-0.05, 0) is 14.1 Å². The Hall–Kier alpha value is -1.79. The van der Waals surface area contributed by atoms with Crippen LogP contribution in [-0.4, -0.2) is 53.5 Å². The summed E-state index contributed by atoms with van der Waals surface area (Å²) in [6, 6.07) is 3.86. The molecular weight excluding hydrogens is 258 g/mol. The fourth-order valence-corrected chi connectivity index (χ4v) is 2.46. The molecule has 1 aromatic heterocycles. The van der Waals surface area contributed by atoms with Gasteiger partial charge in [-0.15, -0.1) is 0 Å². The third kappa shape index (κ3) is 2.32. The lowest BCUT2D eigenvalue weighted by molar-refractivity contribution is 0.172. The number of aliphatic hydroxyl groups excluding tert-OH is 1. The number of rotatable bonds is 4. The van der Waals surface area contributed by atoms with Gasteiger partial charge >= 0.3 is 0 Å². The number of fused-ring (bicyclic) bond motifs is 2. The topological polar surface area (TPSA) is 59.8 Å². The van der Waals surface area contributed by atoms with Crippen LogP contribution >= 0.6 is 0 Å². The van der Waals surface area contributed by atoms with Gasteiger partial charge in [-0.3, -0.25) is 0 Å². The molecule has 108 valence electrons. The van der Waals surface area contributed by atoms with Crippen LogP contribution < -0.4 is 9.47 Å². The minimum atomic E-state index is 0.0837. The summed E-state index contributed by atoms with van der Waals surface area (Å²) in [5.41, 5.74) is 1.85. The van der Waals surface area contributed by atoms with Crippen LogP contribution in [0.4, 0.5) is 0 Å². The standard InChI is InChI=1S/C14H19N3O3/c1-16(2)9-14-15-10-7-12-13(20-6-5-19-12)8-11(10)17(14)3-4-18/h7-8,18H,3-6,9H2,1-2H3. The predicted molar refractivity (Wildman–Crippen MR) is 75.2 cm³/mol. The molecule has 0 fully saturated rings. The van der Waals surface area contributed by atoms with Crippen LogP contribution in [0.2, 0.25) is 0 Å². The van der Waals surface area contributed by atoms with Gasteiger partial charge in [0.1, 0.15) is 19.0 Å². The lowest BCUT2D eigenvalue weighted by Crippen LogP contribution is -2.17. The molecule has 0 atom stereocenters. The van der Waals surface area contributed by atoms with Gasteiger partial charge in [-0.2, -0.15) is 0 Å². The summed E-state index contributed by atoms with van der Waals surface area (Å²) in [7, 11) is 4.00. The second-order valence-electron chi connectivity index (χ2n) is 5.13. The van der Waals surface area contributed by atoms with Crippen LogP contribution in [0.3, 0.4) is 0 Å². The zero-order valence-corrected chi connectivity index (χ0v) is 11.8. The number of hydrogen-bond acceptors (Lipinski definition) is 5. The maximum absolute atomic E-state index is 9.28. The minimum absolute atomic E-state index is 0.0837. The Bertz CT molecular complexity index is 622. The number of ether oxygens (including phenoxy) is 2. The zero-order chi connectivity index (χ0) is 14.1. The fraction of sp³-hybridized carbons (Fsp3) is 0.500. The van der Waals surface area contributed by atoms with Crippen LogP contribution in [0.25, 0.3) is 11.0 Å². The molecule has 3 rings (SSSR count). The molecule has 6 nitrogen and oxygen atoms in total. The Morgan fingerprint density at radius 1 is 1.25 bits per heavy atom. The van der Waals surface area contributed by atoms with E-state index in [1.807, 2.05) is 30.8 Å². The summed E-state index contributed by atoms with van der Waals surface area (Å²) in [4.78, 5) is 6.71. The highest BCUT2D eigenvalue weighted by Crippen LogP contribution is 2.34. The van der Waals surface area contributed by atoms with Crippen molar-refractivity contribution in [2.75, 3.05) is 33.9 Å². The summed E-state index contributed by atoms with van der Waals surface area (Å²) < 4.78 is 13.2. The Morgan fingerprint density at radius 3 is 2.60 bits per heavy atom. The number of hydrogen-bond donors (Lipinski definition) is 1. The average Bonchev–Trinajstić information content (AvgIpc) is 2.73. The van der Waals surface area contributed by atoms with Gasteiger partial charge in [0, 0.05) is 18.7 Å². The number of aliphatic hydroxyl groups is 1. The first-order valence-corrected chi connectivity index (χ1v) is 6.73. The van der Waals surface area contributed by atoms with Crippen molar-refractivity contribution in [3.8, 4) is 11.5 Å². The molecule has 0 amide bonds. The number of nitrogens with zero attached hydrogens (tertiary/aromatic N) is 3. The zero-order valence-electron chi connectivity index (χ0n) is 11.8. The molecule has 6 heteroatoms. The lowest BCUT2D eigenvalue weighted by atomic mass is 10.2. The van der Waals surface area contributed by atoms with E-state index >= 15 is 0 Å². The van der Waals surface area contributed by atoms with Crippen molar-refractivity contribution in [3.63, 3.8) is 0 Å². The number of imidazole rings is 1. The molecule has 1 aliphatic rings. The normalized spacial score (nSPS) is 14.2. The first-order chi connectivity index (χ1) is 9.69. The van der Waals surface area contributed by atoms with Crippen LogP contribution in [-0.2, 0) is 13.1 Å². The molecule has 0 bridgehead atoms. The summed E-state index contributed by atoms with van der Waals surface area (Å²) in [6.45, 7) is 2.47. The summed E-state index contributed by atoms with van der Waals surface area (Å²) in [5.74, 6) is 2.43. The van der Waals surface area contributed by atoms with Gasteiger partial charge in [0.2, 0.25) is 0 Å². The van der Waals surface area contributed by atoms with E-state index in [2.05, 4.69) is 9.88 Å². The van der Waals surface area contributed by atoms with Crippen LogP contribution in [0.5, 0.6) is 11.5 Å². The number of benzene rings is 1. The van der Waals surface area contributed by atoms with Crippen LogP contribution in [0, 0.1) is 0 Å². The molecule has 1 aliphatic heterocycles. The van der Waals surface area contributed by atoms with Gasteiger partial charge in [-0.25, -0.2) is 4.98 Å². The van der Waals surface area contributed by atoms with E-state index in [0.29, 0.717) is 19.8 Å². The first kappa shape index (κ1) is 13.2. The highest BCUT2D eigenvalue weighted by Gasteiger charge is 2.18. The van der Waals surface area contributed by atoms with Crippen molar-refractivity contribution in [2.24, 2.45) is 0 Å². The van der Waals surface area contributed by atoms with Gasteiger partial charge < -0.3 is 24.0 Å². The quantitative estimate of drug-likeness (QED) is 0.898. The second kappa shape index (κ2) is 5.30. The monoisotopic (exact) mass is 277 g/mol. The molecule has 2 aromatic rings. The van der Waals surface area contributed by atoms with E-state index < -0.39 is 0 Å². The van der Waals surface area contributed by atoms with Crippen molar-refractivity contribution in [2.45, 2.75) is 13.1 Å². The molecule has 0 unspecified atom stereocenters. The van der Waals surface area contributed by atoms with Gasteiger partial charge in [0.15, 0.2) is 11.5 Å².